The zero-order chi connectivity index (χ0) is 24.5. The van der Waals surface area contributed by atoms with E-state index in [1.54, 1.807) is 48.5 Å². The lowest BCUT2D eigenvalue weighted by molar-refractivity contribution is 0.0760. The standard InChI is InChI=1S/C23H18N6O4S2/c1-2-3-12-24-21-25-22(34-28-17(30)13-8-4-5-9-14(13)18(28)31)27-23(26-21)35-29-19(32)15-10-6-7-11-16(15)20(29)33/h4-11H,2-3,12H2,1H3,(H,24,25,26,27). The molecule has 3 heterocycles. The monoisotopic (exact) mass is 506 g/mol. The van der Waals surface area contributed by atoms with Gasteiger partial charge in [-0.1, -0.05) is 37.6 Å². The van der Waals surface area contributed by atoms with Crippen LogP contribution in [-0.4, -0.2) is 53.7 Å². The van der Waals surface area contributed by atoms with Gasteiger partial charge < -0.3 is 5.32 Å². The smallest absolute Gasteiger partial charge is 0.272 e. The second kappa shape index (κ2) is 9.47. The van der Waals surface area contributed by atoms with Gasteiger partial charge in [-0.3, -0.25) is 19.2 Å². The van der Waals surface area contributed by atoms with Crippen LogP contribution < -0.4 is 5.32 Å². The number of fused-ring (bicyclic) bond motifs is 2. The van der Waals surface area contributed by atoms with Gasteiger partial charge in [0.05, 0.1) is 22.3 Å². The van der Waals surface area contributed by atoms with Crippen LogP contribution in [0.5, 0.6) is 0 Å². The number of carbonyl (C=O) groups excluding carboxylic acids is 4. The van der Waals surface area contributed by atoms with Crippen molar-refractivity contribution in [3.05, 3.63) is 70.8 Å². The maximum Gasteiger partial charge on any atom is 0.272 e. The molecular weight excluding hydrogens is 488 g/mol. The summed E-state index contributed by atoms with van der Waals surface area (Å²) < 4.78 is 1.98. The molecule has 12 heteroatoms. The van der Waals surface area contributed by atoms with Crippen LogP contribution in [-0.2, 0) is 0 Å². The van der Waals surface area contributed by atoms with Crippen molar-refractivity contribution >= 4 is 53.5 Å². The molecule has 0 aliphatic carbocycles. The van der Waals surface area contributed by atoms with Gasteiger partial charge in [0, 0.05) is 30.4 Å². The van der Waals surface area contributed by atoms with Crippen LogP contribution in [0.3, 0.4) is 0 Å². The largest absolute Gasteiger partial charge is 0.354 e. The zero-order valence-corrected chi connectivity index (χ0v) is 20.1. The highest BCUT2D eigenvalue weighted by Gasteiger charge is 2.39. The van der Waals surface area contributed by atoms with E-state index in [1.165, 1.54) is 0 Å². The fourth-order valence-corrected chi connectivity index (χ4v) is 5.16. The number of hydrogen-bond donors (Lipinski definition) is 1. The molecule has 5 rings (SSSR count). The van der Waals surface area contributed by atoms with Gasteiger partial charge in [0.15, 0.2) is 0 Å². The Morgan fingerprint density at radius 1 is 0.686 bits per heavy atom. The summed E-state index contributed by atoms with van der Waals surface area (Å²) in [4.78, 5) is 64.1. The first-order valence-corrected chi connectivity index (χ1v) is 12.3. The molecule has 2 aliphatic heterocycles. The lowest BCUT2D eigenvalue weighted by Gasteiger charge is -2.14. The number of benzene rings is 2. The fraction of sp³-hybridized carbons (Fsp3) is 0.174. The normalized spacial score (nSPS) is 14.5. The van der Waals surface area contributed by atoms with Gasteiger partial charge in [-0.15, -0.1) is 0 Å². The van der Waals surface area contributed by atoms with Gasteiger partial charge in [0.2, 0.25) is 16.3 Å². The number of carbonyl (C=O) groups is 4. The van der Waals surface area contributed by atoms with Gasteiger partial charge in [-0.2, -0.15) is 15.0 Å². The van der Waals surface area contributed by atoms with Gasteiger partial charge in [-0.05, 0) is 30.7 Å². The molecule has 0 bridgehead atoms. The van der Waals surface area contributed by atoms with Crippen LogP contribution in [0.25, 0.3) is 0 Å². The summed E-state index contributed by atoms with van der Waals surface area (Å²) in [7, 11) is 0. The van der Waals surface area contributed by atoms with Crippen molar-refractivity contribution in [2.45, 2.75) is 30.1 Å². The molecule has 10 nitrogen and oxygen atoms in total. The van der Waals surface area contributed by atoms with Crippen molar-refractivity contribution in [2.24, 2.45) is 0 Å². The second-order valence-electron chi connectivity index (χ2n) is 7.59. The fourth-order valence-electron chi connectivity index (χ4n) is 3.54. The average molecular weight is 507 g/mol. The molecule has 0 spiro atoms. The van der Waals surface area contributed by atoms with E-state index >= 15 is 0 Å². The van der Waals surface area contributed by atoms with Gasteiger partial charge in [0.25, 0.3) is 23.6 Å². The average Bonchev–Trinajstić information content (AvgIpc) is 3.25. The van der Waals surface area contributed by atoms with Crippen LogP contribution in [0.15, 0.2) is 58.8 Å². The number of hydrogen-bond acceptors (Lipinski definition) is 10. The van der Waals surface area contributed by atoms with E-state index in [1.807, 2.05) is 6.92 Å². The highest BCUT2D eigenvalue weighted by atomic mass is 32.2. The molecule has 35 heavy (non-hydrogen) atoms. The quantitative estimate of drug-likeness (QED) is 0.275. The Morgan fingerprint density at radius 2 is 1.09 bits per heavy atom. The summed E-state index contributed by atoms with van der Waals surface area (Å²) in [6.07, 6.45) is 1.82. The highest BCUT2D eigenvalue weighted by molar-refractivity contribution is 7.98. The minimum atomic E-state index is -0.467. The molecule has 4 amide bonds. The van der Waals surface area contributed by atoms with Crippen molar-refractivity contribution in [3.8, 4) is 0 Å². The molecular formula is C23H18N6O4S2. The zero-order valence-electron chi connectivity index (χ0n) is 18.4. The number of imide groups is 2. The Kier molecular flexibility index (Phi) is 6.22. The molecule has 2 aliphatic rings. The Bertz CT molecular complexity index is 1220. The molecule has 0 saturated carbocycles. The summed E-state index contributed by atoms with van der Waals surface area (Å²) in [6, 6.07) is 13.1. The van der Waals surface area contributed by atoms with Gasteiger partial charge >= 0.3 is 0 Å². The lowest BCUT2D eigenvalue weighted by Crippen LogP contribution is -2.24. The third-order valence-corrected chi connectivity index (χ3v) is 6.99. The Morgan fingerprint density at radius 3 is 1.46 bits per heavy atom. The molecule has 0 radical (unpaired) electrons. The third kappa shape index (κ3) is 4.26. The summed E-state index contributed by atoms with van der Waals surface area (Å²) in [5.74, 6) is -1.65. The number of nitrogens with zero attached hydrogens (tertiary/aromatic N) is 5. The van der Waals surface area contributed by atoms with Crippen LogP contribution in [0, 0.1) is 0 Å². The number of aromatic nitrogens is 3. The molecule has 1 N–H and O–H groups in total. The number of unbranched alkanes of at least 4 members (excludes halogenated alkanes) is 1. The van der Waals surface area contributed by atoms with E-state index in [4.69, 9.17) is 0 Å². The first kappa shape index (κ1) is 23.0. The Labute approximate surface area is 208 Å². The van der Waals surface area contributed by atoms with Gasteiger partial charge in [0.1, 0.15) is 0 Å². The lowest BCUT2D eigenvalue weighted by atomic mass is 10.1. The third-order valence-electron chi connectivity index (χ3n) is 5.27. The summed E-state index contributed by atoms with van der Waals surface area (Å²) in [6.45, 7) is 2.64. The predicted octanol–water partition coefficient (Wildman–Crippen LogP) is 3.69. The van der Waals surface area contributed by atoms with Crippen LogP contribution >= 0.6 is 23.9 Å². The molecule has 0 fully saturated rings. The van der Waals surface area contributed by atoms with E-state index < -0.39 is 23.6 Å². The van der Waals surface area contributed by atoms with Gasteiger partial charge in [-0.25, -0.2) is 8.61 Å². The number of nitrogens with one attached hydrogen (secondary N) is 1. The number of anilines is 1. The second-order valence-corrected chi connectivity index (χ2v) is 9.41. The van der Waals surface area contributed by atoms with E-state index in [9.17, 15) is 19.2 Å². The number of rotatable bonds is 8. The molecule has 0 unspecified atom stereocenters. The molecule has 176 valence electrons. The van der Waals surface area contributed by atoms with Crippen LogP contribution in [0.1, 0.15) is 61.2 Å². The summed E-state index contributed by atoms with van der Waals surface area (Å²) >= 11 is 1.54. The van der Waals surface area contributed by atoms with Crippen LogP contribution in [0.4, 0.5) is 5.95 Å². The molecule has 1 aromatic heterocycles. The topological polar surface area (TPSA) is 125 Å². The van der Waals surface area contributed by atoms with E-state index in [-0.39, 0.29) is 16.3 Å². The summed E-state index contributed by atoms with van der Waals surface area (Å²) in [5, 5.41) is 3.24. The van der Waals surface area contributed by atoms with E-state index in [0.29, 0.717) is 28.8 Å². The highest BCUT2D eigenvalue weighted by Crippen LogP contribution is 2.34. The van der Waals surface area contributed by atoms with Crippen molar-refractivity contribution in [2.75, 3.05) is 11.9 Å². The molecule has 2 aromatic carbocycles. The van der Waals surface area contributed by atoms with Crippen molar-refractivity contribution in [3.63, 3.8) is 0 Å². The first-order chi connectivity index (χ1) is 17.0. The SMILES string of the molecule is CCCCNc1nc(SN2C(=O)c3ccccc3C2=O)nc(SN2C(=O)c3ccccc3C2=O)n1. The number of amides is 4. The van der Waals surface area contributed by atoms with Crippen LogP contribution in [0.2, 0.25) is 0 Å². The van der Waals surface area contributed by atoms with Crippen molar-refractivity contribution < 1.29 is 19.2 Å². The van der Waals surface area contributed by atoms with E-state index in [2.05, 4.69) is 20.3 Å². The Hall–Kier alpha value is -3.77. The summed E-state index contributed by atoms with van der Waals surface area (Å²) in [5.41, 5.74) is 1.23. The molecule has 0 saturated heterocycles. The first-order valence-electron chi connectivity index (χ1n) is 10.8. The predicted molar refractivity (Wildman–Crippen MR) is 129 cm³/mol. The maximum absolute atomic E-state index is 12.8. The molecule has 0 atom stereocenters. The van der Waals surface area contributed by atoms with Crippen molar-refractivity contribution in [1.82, 2.24) is 23.6 Å². The van der Waals surface area contributed by atoms with Crippen molar-refractivity contribution in [1.29, 1.82) is 0 Å². The minimum absolute atomic E-state index is 0.0765. The molecule has 3 aromatic rings. The Balaban J connectivity index is 1.43. The van der Waals surface area contributed by atoms with E-state index in [0.717, 1.165) is 45.3 Å². The minimum Gasteiger partial charge on any atom is -0.354 e. The maximum atomic E-state index is 12.8.